The zero-order valence-corrected chi connectivity index (χ0v) is 10.9. The van der Waals surface area contributed by atoms with Crippen molar-refractivity contribution in [3.63, 3.8) is 0 Å². The van der Waals surface area contributed by atoms with Crippen molar-refractivity contribution in [1.29, 1.82) is 0 Å². The molecule has 0 radical (unpaired) electrons. The van der Waals surface area contributed by atoms with Crippen LogP contribution in [0.2, 0.25) is 0 Å². The molecule has 100 valence electrons. The van der Waals surface area contributed by atoms with Gasteiger partial charge in [0.15, 0.2) is 5.76 Å². The Morgan fingerprint density at radius 1 is 1.39 bits per heavy atom. The van der Waals surface area contributed by atoms with Crippen LogP contribution >= 0.6 is 0 Å². The Kier molecular flexibility index (Phi) is 4.42. The average Bonchev–Trinajstić information content (AvgIpc) is 2.77. The SMILES string of the molecule is CC1CCCCCC1NC(=O)c1ccc(CN)o1. The lowest BCUT2D eigenvalue weighted by molar-refractivity contribution is 0.0891. The van der Waals surface area contributed by atoms with Crippen molar-refractivity contribution < 1.29 is 9.21 Å². The summed E-state index contributed by atoms with van der Waals surface area (Å²) in [5.74, 6) is 1.44. The molecule has 1 aromatic rings. The second-order valence-corrected chi connectivity index (χ2v) is 5.17. The normalized spacial score (nSPS) is 24.6. The standard InChI is InChI=1S/C14H22N2O2/c1-10-5-3-2-4-6-12(10)16-14(17)13-8-7-11(9-15)18-13/h7-8,10,12H,2-6,9,15H2,1H3,(H,16,17). The Balaban J connectivity index is 1.97. The molecule has 1 saturated carbocycles. The number of carbonyl (C=O) groups excluding carboxylic acids is 1. The predicted molar refractivity (Wildman–Crippen MR) is 70.1 cm³/mol. The summed E-state index contributed by atoms with van der Waals surface area (Å²) in [5.41, 5.74) is 5.46. The molecule has 3 N–H and O–H groups in total. The molecule has 2 atom stereocenters. The van der Waals surface area contributed by atoms with Crippen LogP contribution in [0.15, 0.2) is 16.5 Å². The topological polar surface area (TPSA) is 68.3 Å². The van der Waals surface area contributed by atoms with Crippen molar-refractivity contribution in [3.8, 4) is 0 Å². The first-order chi connectivity index (χ1) is 8.70. The second-order valence-electron chi connectivity index (χ2n) is 5.17. The van der Waals surface area contributed by atoms with Gasteiger partial charge in [0.1, 0.15) is 5.76 Å². The molecule has 0 spiro atoms. The van der Waals surface area contributed by atoms with Crippen molar-refractivity contribution in [2.24, 2.45) is 11.7 Å². The molecule has 18 heavy (non-hydrogen) atoms. The summed E-state index contributed by atoms with van der Waals surface area (Å²) >= 11 is 0. The van der Waals surface area contributed by atoms with Crippen LogP contribution in [0.3, 0.4) is 0 Å². The van der Waals surface area contributed by atoms with Crippen molar-refractivity contribution >= 4 is 5.91 Å². The van der Waals surface area contributed by atoms with Crippen LogP contribution in [0, 0.1) is 5.92 Å². The van der Waals surface area contributed by atoms with Gasteiger partial charge in [0, 0.05) is 6.04 Å². The van der Waals surface area contributed by atoms with Crippen LogP contribution in [0.4, 0.5) is 0 Å². The van der Waals surface area contributed by atoms with Gasteiger partial charge in [-0.2, -0.15) is 0 Å². The maximum atomic E-state index is 12.1. The average molecular weight is 250 g/mol. The van der Waals surface area contributed by atoms with Crippen molar-refractivity contribution in [3.05, 3.63) is 23.7 Å². The third-order valence-corrected chi connectivity index (χ3v) is 3.76. The van der Waals surface area contributed by atoms with Gasteiger partial charge in [-0.25, -0.2) is 0 Å². The molecule has 1 amide bonds. The number of nitrogens with two attached hydrogens (primary N) is 1. The lowest BCUT2D eigenvalue weighted by Gasteiger charge is -2.22. The van der Waals surface area contributed by atoms with Gasteiger partial charge in [0.2, 0.25) is 0 Å². The van der Waals surface area contributed by atoms with Crippen molar-refractivity contribution in [2.75, 3.05) is 0 Å². The van der Waals surface area contributed by atoms with Crippen LogP contribution in [0.25, 0.3) is 0 Å². The summed E-state index contributed by atoms with van der Waals surface area (Å²) in [4.78, 5) is 12.1. The summed E-state index contributed by atoms with van der Waals surface area (Å²) in [6, 6.07) is 3.72. The summed E-state index contributed by atoms with van der Waals surface area (Å²) in [6.45, 7) is 2.54. The fraction of sp³-hybridized carbons (Fsp3) is 0.643. The van der Waals surface area contributed by atoms with E-state index in [-0.39, 0.29) is 11.9 Å². The van der Waals surface area contributed by atoms with Crippen molar-refractivity contribution in [2.45, 2.75) is 51.6 Å². The van der Waals surface area contributed by atoms with E-state index in [0.717, 1.165) is 6.42 Å². The molecule has 4 heteroatoms. The molecule has 2 unspecified atom stereocenters. The van der Waals surface area contributed by atoms with Gasteiger partial charge in [-0.3, -0.25) is 4.79 Å². The highest BCUT2D eigenvalue weighted by molar-refractivity contribution is 5.91. The Morgan fingerprint density at radius 2 is 2.17 bits per heavy atom. The van der Waals surface area contributed by atoms with E-state index in [1.54, 1.807) is 12.1 Å². The minimum atomic E-state index is -0.117. The number of rotatable bonds is 3. The van der Waals surface area contributed by atoms with E-state index in [2.05, 4.69) is 12.2 Å². The Hall–Kier alpha value is -1.29. The first-order valence-electron chi connectivity index (χ1n) is 6.80. The number of amides is 1. The predicted octanol–water partition coefficient (Wildman–Crippen LogP) is 2.44. The van der Waals surface area contributed by atoms with E-state index in [4.69, 9.17) is 10.2 Å². The monoisotopic (exact) mass is 250 g/mol. The molecule has 0 saturated heterocycles. The maximum Gasteiger partial charge on any atom is 0.287 e. The first-order valence-corrected chi connectivity index (χ1v) is 6.80. The maximum absolute atomic E-state index is 12.1. The zero-order chi connectivity index (χ0) is 13.0. The molecule has 0 aliphatic heterocycles. The van der Waals surface area contributed by atoms with Gasteiger partial charge < -0.3 is 15.5 Å². The molecule has 1 aliphatic carbocycles. The van der Waals surface area contributed by atoms with Crippen LogP contribution in [0.5, 0.6) is 0 Å². The van der Waals surface area contributed by atoms with Crippen LogP contribution in [-0.4, -0.2) is 11.9 Å². The zero-order valence-electron chi connectivity index (χ0n) is 10.9. The minimum Gasteiger partial charge on any atom is -0.455 e. The fourth-order valence-corrected chi connectivity index (χ4v) is 2.56. The van der Waals surface area contributed by atoms with Crippen molar-refractivity contribution in [1.82, 2.24) is 5.32 Å². The smallest absolute Gasteiger partial charge is 0.287 e. The Bertz CT molecular complexity index is 400. The lowest BCUT2D eigenvalue weighted by atomic mass is 9.97. The highest BCUT2D eigenvalue weighted by Gasteiger charge is 2.23. The molecule has 1 aliphatic rings. The highest BCUT2D eigenvalue weighted by atomic mass is 16.4. The molecular formula is C14H22N2O2. The van der Waals surface area contributed by atoms with E-state index in [1.165, 1.54) is 25.7 Å². The Morgan fingerprint density at radius 3 is 2.89 bits per heavy atom. The summed E-state index contributed by atoms with van der Waals surface area (Å²) < 4.78 is 5.37. The number of carbonyl (C=O) groups is 1. The van der Waals surface area contributed by atoms with Crippen LogP contribution < -0.4 is 11.1 Å². The molecule has 0 aromatic carbocycles. The molecule has 2 rings (SSSR count). The number of hydrogen-bond donors (Lipinski definition) is 2. The summed E-state index contributed by atoms with van der Waals surface area (Å²) in [6.07, 6.45) is 6.00. The van der Waals surface area contributed by atoms with E-state index >= 15 is 0 Å². The van der Waals surface area contributed by atoms with Gasteiger partial charge in [-0.05, 0) is 30.9 Å². The highest BCUT2D eigenvalue weighted by Crippen LogP contribution is 2.23. The fourth-order valence-electron chi connectivity index (χ4n) is 2.56. The van der Waals surface area contributed by atoms with Crippen LogP contribution in [0.1, 0.15) is 55.3 Å². The number of nitrogens with one attached hydrogen (secondary N) is 1. The molecule has 4 nitrogen and oxygen atoms in total. The van der Waals surface area contributed by atoms with Gasteiger partial charge >= 0.3 is 0 Å². The van der Waals surface area contributed by atoms with Gasteiger partial charge in [0.05, 0.1) is 6.54 Å². The molecule has 0 bridgehead atoms. The molecular weight excluding hydrogens is 228 g/mol. The number of furan rings is 1. The van der Waals surface area contributed by atoms with E-state index in [1.807, 2.05) is 0 Å². The minimum absolute atomic E-state index is 0.117. The van der Waals surface area contributed by atoms with E-state index < -0.39 is 0 Å². The summed E-state index contributed by atoms with van der Waals surface area (Å²) in [5, 5.41) is 3.09. The quantitative estimate of drug-likeness (QED) is 0.810. The van der Waals surface area contributed by atoms with Gasteiger partial charge in [-0.1, -0.05) is 26.2 Å². The Labute approximate surface area is 108 Å². The third-order valence-electron chi connectivity index (χ3n) is 3.76. The van der Waals surface area contributed by atoms with Gasteiger partial charge in [0.25, 0.3) is 5.91 Å². The summed E-state index contributed by atoms with van der Waals surface area (Å²) in [7, 11) is 0. The molecule has 1 aromatic heterocycles. The molecule has 1 fully saturated rings. The first kappa shape index (κ1) is 13.1. The van der Waals surface area contributed by atoms with E-state index in [9.17, 15) is 4.79 Å². The van der Waals surface area contributed by atoms with Crippen LogP contribution in [-0.2, 0) is 6.54 Å². The lowest BCUT2D eigenvalue weighted by Crippen LogP contribution is -2.38. The van der Waals surface area contributed by atoms with E-state index in [0.29, 0.717) is 24.0 Å². The largest absolute Gasteiger partial charge is 0.455 e. The third kappa shape index (κ3) is 3.13. The molecule has 1 heterocycles. The number of hydrogen-bond acceptors (Lipinski definition) is 3. The second kappa shape index (κ2) is 6.05. The van der Waals surface area contributed by atoms with Gasteiger partial charge in [-0.15, -0.1) is 0 Å².